The summed E-state index contributed by atoms with van der Waals surface area (Å²) in [7, 11) is 0. The zero-order chi connectivity index (χ0) is 32.3. The number of anilines is 2. The number of aryl methyl sites for hydroxylation is 1. The van der Waals surface area contributed by atoms with Gasteiger partial charge in [-0.05, 0) is 56.0 Å². The van der Waals surface area contributed by atoms with Crippen LogP contribution in [0.1, 0.15) is 44.4 Å². The average Bonchev–Trinajstić information content (AvgIpc) is 2.98. The Labute approximate surface area is 263 Å². The predicted molar refractivity (Wildman–Crippen MR) is 172 cm³/mol. The molecule has 0 bridgehead atoms. The van der Waals surface area contributed by atoms with Crippen LogP contribution in [0, 0.1) is 18.6 Å². The summed E-state index contributed by atoms with van der Waals surface area (Å²) in [6.45, 7) is 12.2. The van der Waals surface area contributed by atoms with Crippen molar-refractivity contribution in [2.24, 2.45) is 0 Å². The van der Waals surface area contributed by atoms with Crippen LogP contribution in [0.2, 0.25) is 5.02 Å². The first kappa shape index (κ1) is 30.5. The molecule has 0 spiro atoms. The van der Waals surface area contributed by atoms with E-state index in [2.05, 4.69) is 21.9 Å². The van der Waals surface area contributed by atoms with Gasteiger partial charge in [-0.2, -0.15) is 4.98 Å². The molecule has 9 nitrogen and oxygen atoms in total. The molecule has 2 aliphatic rings. The van der Waals surface area contributed by atoms with Gasteiger partial charge in [-0.1, -0.05) is 38.1 Å². The fourth-order valence-electron chi connectivity index (χ4n) is 6.69. The van der Waals surface area contributed by atoms with Crippen molar-refractivity contribution in [1.29, 1.82) is 0 Å². The number of rotatable bonds is 4. The molecule has 0 saturated carbocycles. The minimum absolute atomic E-state index is 0.150. The van der Waals surface area contributed by atoms with Crippen molar-refractivity contribution in [2.75, 3.05) is 29.9 Å². The van der Waals surface area contributed by atoms with E-state index in [1.165, 1.54) is 22.8 Å². The second-order valence-electron chi connectivity index (χ2n) is 11.9. The van der Waals surface area contributed by atoms with Crippen LogP contribution >= 0.6 is 11.6 Å². The minimum atomic E-state index is -0.995. The van der Waals surface area contributed by atoms with Gasteiger partial charge in [0.25, 0.3) is 0 Å². The van der Waals surface area contributed by atoms with Crippen LogP contribution in [0.25, 0.3) is 27.7 Å². The van der Waals surface area contributed by atoms with Gasteiger partial charge in [0.15, 0.2) is 5.82 Å². The average molecular weight is 635 g/mol. The lowest BCUT2D eigenvalue weighted by atomic mass is 9.96. The predicted octanol–water partition coefficient (Wildman–Crippen LogP) is 5.92. The zero-order valence-corrected chi connectivity index (χ0v) is 26.1. The third-order valence-corrected chi connectivity index (χ3v) is 9.03. The van der Waals surface area contributed by atoms with Crippen molar-refractivity contribution in [1.82, 2.24) is 19.4 Å². The van der Waals surface area contributed by atoms with Crippen LogP contribution in [0.3, 0.4) is 0 Å². The van der Waals surface area contributed by atoms with Crippen molar-refractivity contribution >= 4 is 39.9 Å². The second-order valence-corrected chi connectivity index (χ2v) is 12.3. The molecule has 2 aromatic heterocycles. The summed E-state index contributed by atoms with van der Waals surface area (Å²) in [5.74, 6) is -2.54. The highest BCUT2D eigenvalue weighted by Crippen LogP contribution is 2.49. The molecule has 1 amide bonds. The standard InChI is InChI=1S/C33H33ClF2N6O3/c1-6-22(44)40-14-18(5)41-19(15-40)11-13-38-29-25-31(27(36)24(26(29)34)23-20(35)8-7-9-21(23)43)42(33(45)39-32(25)41)30-17(4)10-12-37-28(30)16(2)3/h6-10,12,16,18-19,38,43H,1,11,13-15H2,2-5H3. The SMILES string of the molecule is C=CC(=O)N1CC(C)N2c3nc(=O)n(-c4c(C)ccnc4C(C)C)c4c(F)c(-c5c(O)cccc5F)c(Cl)c(c34)NCCC2C1. The van der Waals surface area contributed by atoms with Gasteiger partial charge in [0.2, 0.25) is 5.91 Å². The van der Waals surface area contributed by atoms with Crippen molar-refractivity contribution in [3.8, 4) is 22.6 Å². The summed E-state index contributed by atoms with van der Waals surface area (Å²) in [6, 6.07) is 4.80. The lowest BCUT2D eigenvalue weighted by molar-refractivity contribution is -0.127. The van der Waals surface area contributed by atoms with Gasteiger partial charge in [-0.25, -0.2) is 13.6 Å². The number of carbonyl (C=O) groups is 1. The monoisotopic (exact) mass is 634 g/mol. The maximum Gasteiger partial charge on any atom is 0.354 e. The first-order valence-electron chi connectivity index (χ1n) is 14.8. The van der Waals surface area contributed by atoms with E-state index in [1.54, 1.807) is 24.1 Å². The number of pyridine rings is 1. The first-order chi connectivity index (χ1) is 21.5. The fraction of sp³-hybridized carbons (Fsp3) is 0.333. The Morgan fingerprint density at radius 1 is 1.22 bits per heavy atom. The van der Waals surface area contributed by atoms with Crippen molar-refractivity contribution in [2.45, 2.75) is 52.1 Å². The van der Waals surface area contributed by atoms with E-state index in [1.807, 2.05) is 25.7 Å². The Morgan fingerprint density at radius 2 is 1.98 bits per heavy atom. The number of aromatic hydroxyl groups is 1. The van der Waals surface area contributed by atoms with Gasteiger partial charge in [0, 0.05) is 37.4 Å². The third-order valence-electron chi connectivity index (χ3n) is 8.65. The number of halogens is 3. The van der Waals surface area contributed by atoms with Crippen LogP contribution in [0.4, 0.5) is 20.3 Å². The molecule has 0 radical (unpaired) electrons. The summed E-state index contributed by atoms with van der Waals surface area (Å²) in [4.78, 5) is 39.7. The highest BCUT2D eigenvalue weighted by molar-refractivity contribution is 6.38. The molecule has 4 aromatic rings. The quantitative estimate of drug-likeness (QED) is 0.269. The second kappa shape index (κ2) is 11.4. The van der Waals surface area contributed by atoms with Crippen LogP contribution in [-0.2, 0) is 4.79 Å². The number of hydrogen-bond acceptors (Lipinski definition) is 7. The molecule has 2 atom stereocenters. The van der Waals surface area contributed by atoms with E-state index >= 15 is 8.78 Å². The van der Waals surface area contributed by atoms with E-state index < -0.39 is 28.6 Å². The molecule has 0 aliphatic carbocycles. The van der Waals surface area contributed by atoms with Crippen LogP contribution < -0.4 is 15.9 Å². The number of hydrogen-bond donors (Lipinski definition) is 2. The van der Waals surface area contributed by atoms with Crippen molar-refractivity contribution < 1.29 is 18.7 Å². The smallest absolute Gasteiger partial charge is 0.354 e. The minimum Gasteiger partial charge on any atom is -0.507 e. The fourth-order valence-corrected chi connectivity index (χ4v) is 7.03. The Hall–Kier alpha value is -4.51. The van der Waals surface area contributed by atoms with Crippen LogP contribution in [-0.4, -0.2) is 62.2 Å². The van der Waals surface area contributed by atoms with Gasteiger partial charge in [-0.3, -0.25) is 14.3 Å². The Balaban J connectivity index is 1.79. The van der Waals surface area contributed by atoms with Crippen molar-refractivity contribution in [3.63, 3.8) is 0 Å². The molecule has 1 saturated heterocycles. The zero-order valence-electron chi connectivity index (χ0n) is 25.4. The summed E-state index contributed by atoms with van der Waals surface area (Å²) >= 11 is 6.96. The number of piperazine rings is 1. The Bertz CT molecular complexity index is 1920. The van der Waals surface area contributed by atoms with Gasteiger partial charge >= 0.3 is 5.69 Å². The number of carbonyl (C=O) groups excluding carboxylic acids is 1. The molecule has 1 fully saturated rings. The van der Waals surface area contributed by atoms with Crippen LogP contribution in [0.15, 0.2) is 47.9 Å². The van der Waals surface area contributed by atoms with Gasteiger partial charge in [0.05, 0.1) is 39.1 Å². The summed E-state index contributed by atoms with van der Waals surface area (Å²) in [5.41, 5.74) is 0.0708. The van der Waals surface area contributed by atoms with Gasteiger partial charge < -0.3 is 20.2 Å². The first-order valence-corrected chi connectivity index (χ1v) is 15.2. The van der Waals surface area contributed by atoms with Crippen molar-refractivity contribution in [3.05, 3.63) is 81.5 Å². The molecule has 2 N–H and O–H groups in total. The number of amides is 1. The third kappa shape index (κ3) is 4.80. The number of phenols is 1. The molecular formula is C33H33ClF2N6O3. The molecule has 4 heterocycles. The molecule has 12 heteroatoms. The van der Waals surface area contributed by atoms with E-state index in [0.29, 0.717) is 43.0 Å². The number of phenolic OH excluding ortho intramolecular Hbond substituents is 1. The Kier molecular flexibility index (Phi) is 7.76. The van der Waals surface area contributed by atoms with E-state index in [-0.39, 0.29) is 56.9 Å². The number of benzene rings is 2. The topological polar surface area (TPSA) is 104 Å². The molecule has 2 aliphatic heterocycles. The highest BCUT2D eigenvalue weighted by Gasteiger charge is 2.39. The number of aromatic nitrogens is 3. The normalized spacial score (nSPS) is 18.0. The van der Waals surface area contributed by atoms with Gasteiger partial charge in [0.1, 0.15) is 22.9 Å². The van der Waals surface area contributed by atoms with E-state index in [4.69, 9.17) is 11.6 Å². The molecule has 6 rings (SSSR count). The maximum atomic E-state index is 17.4. The number of nitrogens with one attached hydrogen (secondary N) is 1. The molecule has 2 aromatic carbocycles. The molecular weight excluding hydrogens is 602 g/mol. The maximum absolute atomic E-state index is 17.4. The summed E-state index contributed by atoms with van der Waals surface area (Å²) in [6.07, 6.45) is 3.42. The molecule has 234 valence electrons. The lowest BCUT2D eigenvalue weighted by Crippen LogP contribution is -2.60. The highest BCUT2D eigenvalue weighted by atomic mass is 35.5. The van der Waals surface area contributed by atoms with E-state index in [9.17, 15) is 14.7 Å². The summed E-state index contributed by atoms with van der Waals surface area (Å²) < 4.78 is 33.9. The van der Waals surface area contributed by atoms with Gasteiger partial charge in [-0.15, -0.1) is 0 Å². The van der Waals surface area contributed by atoms with E-state index in [0.717, 1.165) is 6.07 Å². The molecule has 45 heavy (non-hydrogen) atoms. The summed E-state index contributed by atoms with van der Waals surface area (Å²) in [5, 5.41) is 14.1. The van der Waals surface area contributed by atoms with Crippen LogP contribution in [0.5, 0.6) is 5.75 Å². The number of nitrogens with zero attached hydrogens (tertiary/aromatic N) is 5. The lowest BCUT2D eigenvalue weighted by Gasteiger charge is -2.47. The molecule has 2 unspecified atom stereocenters. The number of fused-ring (bicyclic) bond motifs is 2. The Morgan fingerprint density at radius 3 is 2.67 bits per heavy atom. The largest absolute Gasteiger partial charge is 0.507 e.